The van der Waals surface area contributed by atoms with Crippen LogP contribution in [0.3, 0.4) is 0 Å². The van der Waals surface area contributed by atoms with Crippen LogP contribution in [0.1, 0.15) is 27.0 Å². The highest BCUT2D eigenvalue weighted by molar-refractivity contribution is 6.34. The Hall–Kier alpha value is -4.40. The Balaban J connectivity index is 1.76. The van der Waals surface area contributed by atoms with Crippen molar-refractivity contribution in [1.82, 2.24) is 9.88 Å². The van der Waals surface area contributed by atoms with Gasteiger partial charge in [-0.15, -0.1) is 0 Å². The highest BCUT2D eigenvalue weighted by Gasteiger charge is 2.17. The number of benzene rings is 2. The van der Waals surface area contributed by atoms with Gasteiger partial charge in [0.2, 0.25) is 0 Å². The molecule has 9 heteroatoms. The van der Waals surface area contributed by atoms with E-state index in [0.717, 1.165) is 0 Å². The Labute approximate surface area is 189 Å². The lowest BCUT2D eigenvalue weighted by Crippen LogP contribution is -2.31. The van der Waals surface area contributed by atoms with E-state index in [2.05, 4.69) is 15.6 Å². The summed E-state index contributed by atoms with van der Waals surface area (Å²) in [7, 11) is 1.59. The number of rotatable bonds is 5. The molecule has 2 N–H and O–H groups in total. The van der Waals surface area contributed by atoms with E-state index in [4.69, 9.17) is 22.1 Å². The molecule has 158 valence electrons. The van der Waals surface area contributed by atoms with Crippen LogP contribution in [-0.2, 0) is 6.54 Å². The number of hydrogen-bond donors (Lipinski definition) is 2. The summed E-state index contributed by atoms with van der Waals surface area (Å²) in [5.74, 6) is -0.482. The van der Waals surface area contributed by atoms with Crippen LogP contribution < -0.4 is 10.6 Å². The Morgan fingerprint density at radius 1 is 1.03 bits per heavy atom. The molecule has 3 rings (SSSR count). The molecule has 0 aliphatic heterocycles. The molecule has 0 bridgehead atoms. The van der Waals surface area contributed by atoms with Crippen molar-refractivity contribution in [2.75, 3.05) is 17.7 Å². The fraction of sp³-hybridized carbons (Fsp3) is 0.0870. The summed E-state index contributed by atoms with van der Waals surface area (Å²) < 4.78 is 0. The largest absolute Gasteiger partial charge is 0.323 e. The van der Waals surface area contributed by atoms with Gasteiger partial charge in [-0.3, -0.25) is 9.78 Å². The molecule has 32 heavy (non-hydrogen) atoms. The van der Waals surface area contributed by atoms with Crippen molar-refractivity contribution < 1.29 is 9.59 Å². The fourth-order valence-electron chi connectivity index (χ4n) is 2.86. The average Bonchev–Trinajstić information content (AvgIpc) is 2.81. The molecule has 3 amide bonds. The quantitative estimate of drug-likeness (QED) is 0.604. The number of carbonyl (C=O) groups excluding carboxylic acids is 2. The van der Waals surface area contributed by atoms with Gasteiger partial charge in [0, 0.05) is 31.7 Å². The summed E-state index contributed by atoms with van der Waals surface area (Å²) in [6, 6.07) is 16.6. The molecule has 0 radical (unpaired) electrons. The molecule has 0 atom stereocenters. The molecule has 1 heterocycles. The number of carbonyl (C=O) groups is 2. The SMILES string of the molecule is CN(Cc1cccc(Cl)c1NC(=O)c1cncc(C#N)c1)C(=O)Nc1cccc(C#N)c1. The van der Waals surface area contributed by atoms with Crippen LogP contribution in [0.5, 0.6) is 0 Å². The highest BCUT2D eigenvalue weighted by Crippen LogP contribution is 2.28. The summed E-state index contributed by atoms with van der Waals surface area (Å²) in [4.78, 5) is 30.6. The molecule has 2 aromatic carbocycles. The van der Waals surface area contributed by atoms with E-state index >= 15 is 0 Å². The van der Waals surface area contributed by atoms with Crippen LogP contribution in [0.25, 0.3) is 0 Å². The van der Waals surface area contributed by atoms with Crippen molar-refractivity contribution in [1.29, 1.82) is 10.5 Å². The molecule has 0 unspecified atom stereocenters. The zero-order chi connectivity index (χ0) is 23.1. The smallest absolute Gasteiger partial charge is 0.321 e. The van der Waals surface area contributed by atoms with Crippen LogP contribution in [-0.4, -0.2) is 28.9 Å². The summed E-state index contributed by atoms with van der Waals surface area (Å²) in [5, 5.41) is 23.8. The number of aromatic nitrogens is 1. The van der Waals surface area contributed by atoms with E-state index < -0.39 is 11.9 Å². The number of nitriles is 2. The zero-order valence-corrected chi connectivity index (χ0v) is 17.7. The first-order valence-electron chi connectivity index (χ1n) is 9.37. The number of anilines is 2. The Morgan fingerprint density at radius 2 is 1.78 bits per heavy atom. The van der Waals surface area contributed by atoms with E-state index in [0.29, 0.717) is 27.5 Å². The van der Waals surface area contributed by atoms with Crippen LogP contribution >= 0.6 is 11.6 Å². The number of halogens is 1. The van der Waals surface area contributed by atoms with E-state index in [1.54, 1.807) is 49.5 Å². The second-order valence-electron chi connectivity index (χ2n) is 6.78. The summed E-state index contributed by atoms with van der Waals surface area (Å²) in [5.41, 5.74) is 2.35. The number of para-hydroxylation sites is 1. The van der Waals surface area contributed by atoms with Crippen molar-refractivity contribution in [2.24, 2.45) is 0 Å². The zero-order valence-electron chi connectivity index (χ0n) is 17.0. The third-order valence-electron chi connectivity index (χ3n) is 4.47. The minimum Gasteiger partial charge on any atom is -0.323 e. The first kappa shape index (κ1) is 22.3. The van der Waals surface area contributed by atoms with Crippen molar-refractivity contribution >= 4 is 34.9 Å². The van der Waals surface area contributed by atoms with Crippen molar-refractivity contribution in [3.8, 4) is 12.1 Å². The van der Waals surface area contributed by atoms with Gasteiger partial charge in [0.05, 0.1) is 33.5 Å². The van der Waals surface area contributed by atoms with Gasteiger partial charge in [0.25, 0.3) is 5.91 Å². The van der Waals surface area contributed by atoms with Crippen LogP contribution in [0, 0.1) is 22.7 Å². The van der Waals surface area contributed by atoms with E-state index in [1.165, 1.54) is 23.4 Å². The molecule has 8 nitrogen and oxygen atoms in total. The number of hydrogen-bond acceptors (Lipinski definition) is 5. The normalized spacial score (nSPS) is 9.88. The second-order valence-corrected chi connectivity index (χ2v) is 7.19. The average molecular weight is 445 g/mol. The first-order valence-corrected chi connectivity index (χ1v) is 9.75. The third-order valence-corrected chi connectivity index (χ3v) is 4.78. The van der Waals surface area contributed by atoms with Gasteiger partial charge in [-0.2, -0.15) is 10.5 Å². The monoisotopic (exact) mass is 444 g/mol. The van der Waals surface area contributed by atoms with Gasteiger partial charge < -0.3 is 15.5 Å². The first-order chi connectivity index (χ1) is 15.4. The lowest BCUT2D eigenvalue weighted by Gasteiger charge is -2.21. The summed E-state index contributed by atoms with van der Waals surface area (Å²) in [6.45, 7) is 0.149. The molecule has 1 aromatic heterocycles. The summed E-state index contributed by atoms with van der Waals surface area (Å²) in [6.07, 6.45) is 2.71. The van der Waals surface area contributed by atoms with Gasteiger partial charge in [0.15, 0.2) is 0 Å². The number of pyridine rings is 1. The van der Waals surface area contributed by atoms with Crippen molar-refractivity contribution in [3.63, 3.8) is 0 Å². The van der Waals surface area contributed by atoms with E-state index in [9.17, 15) is 9.59 Å². The van der Waals surface area contributed by atoms with Gasteiger partial charge in [-0.05, 0) is 35.9 Å². The van der Waals surface area contributed by atoms with Gasteiger partial charge in [-0.25, -0.2) is 4.79 Å². The van der Waals surface area contributed by atoms with E-state index in [1.807, 2.05) is 12.1 Å². The molecular weight excluding hydrogens is 428 g/mol. The lowest BCUT2D eigenvalue weighted by molar-refractivity contribution is 0.102. The molecular formula is C23H17ClN6O2. The second kappa shape index (κ2) is 10.1. The van der Waals surface area contributed by atoms with Gasteiger partial charge >= 0.3 is 6.03 Å². The predicted octanol–water partition coefficient (Wildman–Crippen LogP) is 4.39. The van der Waals surface area contributed by atoms with Crippen molar-refractivity contribution in [2.45, 2.75) is 6.54 Å². The maximum absolute atomic E-state index is 12.7. The maximum Gasteiger partial charge on any atom is 0.321 e. The predicted molar refractivity (Wildman–Crippen MR) is 120 cm³/mol. The lowest BCUT2D eigenvalue weighted by atomic mass is 10.1. The minimum absolute atomic E-state index is 0.149. The molecule has 0 aliphatic rings. The topological polar surface area (TPSA) is 122 Å². The fourth-order valence-corrected chi connectivity index (χ4v) is 3.11. The summed E-state index contributed by atoms with van der Waals surface area (Å²) >= 11 is 6.31. The Bertz CT molecular complexity index is 1260. The maximum atomic E-state index is 12.7. The number of urea groups is 1. The highest BCUT2D eigenvalue weighted by atomic mass is 35.5. The van der Waals surface area contributed by atoms with Crippen LogP contribution in [0.4, 0.5) is 16.2 Å². The van der Waals surface area contributed by atoms with Crippen LogP contribution in [0.2, 0.25) is 5.02 Å². The molecule has 0 saturated carbocycles. The van der Waals surface area contributed by atoms with Crippen molar-refractivity contribution in [3.05, 3.63) is 88.2 Å². The number of amides is 3. The van der Waals surface area contributed by atoms with E-state index in [-0.39, 0.29) is 17.7 Å². The number of nitrogens with zero attached hydrogens (tertiary/aromatic N) is 4. The minimum atomic E-state index is -0.482. The standard InChI is InChI=1S/C23H17ClN6O2/c1-30(23(32)28-19-6-2-4-15(9-19)10-25)14-17-5-3-7-20(24)21(17)29-22(31)18-8-16(11-26)12-27-13-18/h2-9,12-13H,14H2,1H3,(H,28,32)(H,29,31). The molecule has 0 fully saturated rings. The molecule has 3 aromatic rings. The van der Waals surface area contributed by atoms with Crippen LogP contribution in [0.15, 0.2) is 60.9 Å². The third kappa shape index (κ3) is 5.39. The van der Waals surface area contributed by atoms with Gasteiger partial charge in [-0.1, -0.05) is 29.8 Å². The molecule has 0 aliphatic carbocycles. The van der Waals surface area contributed by atoms with Gasteiger partial charge in [0.1, 0.15) is 6.07 Å². The number of nitrogens with one attached hydrogen (secondary N) is 2. The Morgan fingerprint density at radius 3 is 2.53 bits per heavy atom. The molecule has 0 spiro atoms. The molecule has 0 saturated heterocycles. The Kier molecular flexibility index (Phi) is 7.02.